The van der Waals surface area contributed by atoms with Gasteiger partial charge < -0.3 is 11.1 Å². The van der Waals surface area contributed by atoms with Crippen molar-refractivity contribution < 1.29 is 0 Å². The summed E-state index contributed by atoms with van der Waals surface area (Å²) >= 11 is 5.82. The van der Waals surface area contributed by atoms with Crippen LogP contribution in [0, 0.1) is 6.92 Å². The number of aromatic nitrogens is 2. The lowest BCUT2D eigenvalue weighted by molar-refractivity contribution is 0.679. The van der Waals surface area contributed by atoms with Crippen molar-refractivity contribution in [2.75, 3.05) is 17.6 Å². The quantitative estimate of drug-likeness (QED) is 0.648. The molecule has 0 spiro atoms. The van der Waals surface area contributed by atoms with Gasteiger partial charge in [-0.15, -0.1) is 0 Å². The largest absolute Gasteiger partial charge is 0.394 e. The van der Waals surface area contributed by atoms with E-state index in [9.17, 15) is 0 Å². The summed E-state index contributed by atoms with van der Waals surface area (Å²) in [6.45, 7) is 2.67. The van der Waals surface area contributed by atoms with Gasteiger partial charge in [0.2, 0.25) is 5.28 Å². The molecule has 0 unspecified atom stereocenters. The van der Waals surface area contributed by atoms with E-state index in [2.05, 4.69) is 21.4 Å². The zero-order valence-corrected chi connectivity index (χ0v) is 11.4. The summed E-state index contributed by atoms with van der Waals surface area (Å²) in [7, 11) is 0. The molecule has 0 radical (unpaired) electrons. The first-order chi connectivity index (χ1) is 8.66. The van der Waals surface area contributed by atoms with E-state index in [1.165, 1.54) is 31.3 Å². The number of aryl methyl sites for hydroxylation is 1. The van der Waals surface area contributed by atoms with Gasteiger partial charge in [0.25, 0.3) is 0 Å². The van der Waals surface area contributed by atoms with Crippen molar-refractivity contribution in [3.8, 4) is 0 Å². The zero-order valence-electron chi connectivity index (χ0n) is 10.7. The Hall–Kier alpha value is -1.29. The fourth-order valence-corrected chi connectivity index (χ4v) is 2.37. The molecule has 0 amide bonds. The maximum atomic E-state index is 5.91. The molecule has 0 aromatic carbocycles. The molecule has 1 aromatic heterocycles. The van der Waals surface area contributed by atoms with Gasteiger partial charge in [0.15, 0.2) is 5.82 Å². The standard InChI is InChI=1S/C13H19ClN4/c1-9-11(15)12(18-13(14)17-9)16-8-7-10-5-3-2-4-6-10/h5H,2-4,6-8,15H2,1H3,(H,16,17,18). The van der Waals surface area contributed by atoms with Crippen LogP contribution in [0.5, 0.6) is 0 Å². The van der Waals surface area contributed by atoms with Crippen molar-refractivity contribution in [2.24, 2.45) is 0 Å². The van der Waals surface area contributed by atoms with E-state index >= 15 is 0 Å². The van der Waals surface area contributed by atoms with E-state index < -0.39 is 0 Å². The third kappa shape index (κ3) is 3.35. The fourth-order valence-electron chi connectivity index (χ4n) is 2.16. The summed E-state index contributed by atoms with van der Waals surface area (Å²) in [5.74, 6) is 0.643. The first-order valence-corrected chi connectivity index (χ1v) is 6.76. The van der Waals surface area contributed by atoms with E-state index in [1.807, 2.05) is 6.92 Å². The van der Waals surface area contributed by atoms with Crippen molar-refractivity contribution in [1.29, 1.82) is 0 Å². The molecule has 98 valence electrons. The van der Waals surface area contributed by atoms with Gasteiger partial charge in [-0.25, -0.2) is 4.98 Å². The molecular formula is C13H19ClN4. The molecule has 0 aliphatic heterocycles. The van der Waals surface area contributed by atoms with E-state index in [0.717, 1.165) is 18.7 Å². The van der Waals surface area contributed by atoms with Gasteiger partial charge in [-0.2, -0.15) is 4.98 Å². The topological polar surface area (TPSA) is 63.8 Å². The normalized spacial score (nSPS) is 15.3. The van der Waals surface area contributed by atoms with Crippen molar-refractivity contribution in [2.45, 2.75) is 39.0 Å². The van der Waals surface area contributed by atoms with E-state index in [0.29, 0.717) is 11.5 Å². The number of nitrogen functional groups attached to an aromatic ring is 1. The molecule has 1 aliphatic rings. The number of hydrogen-bond acceptors (Lipinski definition) is 4. The van der Waals surface area contributed by atoms with Gasteiger partial charge in [0, 0.05) is 6.54 Å². The van der Waals surface area contributed by atoms with Gasteiger partial charge in [-0.1, -0.05) is 11.6 Å². The molecule has 0 atom stereocenters. The van der Waals surface area contributed by atoms with Crippen molar-refractivity contribution >= 4 is 23.1 Å². The van der Waals surface area contributed by atoms with Crippen LogP contribution in [-0.4, -0.2) is 16.5 Å². The maximum absolute atomic E-state index is 5.91. The number of rotatable bonds is 4. The van der Waals surface area contributed by atoms with Gasteiger partial charge in [-0.3, -0.25) is 0 Å². The van der Waals surface area contributed by atoms with Crippen LogP contribution in [-0.2, 0) is 0 Å². The third-order valence-electron chi connectivity index (χ3n) is 3.23. The second-order valence-electron chi connectivity index (χ2n) is 4.63. The number of nitrogens with two attached hydrogens (primary N) is 1. The van der Waals surface area contributed by atoms with Crippen LogP contribution in [0.15, 0.2) is 11.6 Å². The molecule has 4 nitrogen and oxygen atoms in total. The summed E-state index contributed by atoms with van der Waals surface area (Å²) in [5.41, 5.74) is 8.74. The molecule has 2 rings (SSSR count). The highest BCUT2D eigenvalue weighted by molar-refractivity contribution is 6.28. The number of nitrogens with one attached hydrogen (secondary N) is 1. The number of allylic oxidation sites excluding steroid dienone is 1. The Kier molecular flexibility index (Phi) is 4.42. The van der Waals surface area contributed by atoms with E-state index in [-0.39, 0.29) is 5.28 Å². The lowest BCUT2D eigenvalue weighted by Gasteiger charge is -2.14. The molecule has 5 heteroatoms. The highest BCUT2D eigenvalue weighted by Crippen LogP contribution is 2.22. The van der Waals surface area contributed by atoms with Crippen molar-refractivity contribution in [3.63, 3.8) is 0 Å². The van der Waals surface area contributed by atoms with Gasteiger partial charge in [-0.05, 0) is 50.6 Å². The molecular weight excluding hydrogens is 248 g/mol. The summed E-state index contributed by atoms with van der Waals surface area (Å²) in [6.07, 6.45) is 8.47. The molecule has 1 heterocycles. The first-order valence-electron chi connectivity index (χ1n) is 6.38. The van der Waals surface area contributed by atoms with E-state index in [1.54, 1.807) is 0 Å². The molecule has 18 heavy (non-hydrogen) atoms. The average Bonchev–Trinajstić information content (AvgIpc) is 2.36. The zero-order chi connectivity index (χ0) is 13.0. The van der Waals surface area contributed by atoms with E-state index in [4.69, 9.17) is 17.3 Å². The van der Waals surface area contributed by atoms with Crippen LogP contribution in [0.1, 0.15) is 37.8 Å². The summed E-state index contributed by atoms with van der Waals surface area (Å²) in [5, 5.41) is 3.48. The third-order valence-corrected chi connectivity index (χ3v) is 3.40. The Bertz CT molecular complexity index is 457. The molecule has 0 fully saturated rings. The lowest BCUT2D eigenvalue weighted by Crippen LogP contribution is -2.10. The predicted octanol–water partition coefficient (Wildman–Crippen LogP) is 3.32. The second-order valence-corrected chi connectivity index (χ2v) is 4.96. The highest BCUT2D eigenvalue weighted by Gasteiger charge is 2.08. The van der Waals surface area contributed by atoms with Crippen LogP contribution in [0.25, 0.3) is 0 Å². The Morgan fingerprint density at radius 2 is 2.22 bits per heavy atom. The Morgan fingerprint density at radius 3 is 2.94 bits per heavy atom. The molecule has 1 aliphatic carbocycles. The van der Waals surface area contributed by atoms with Crippen molar-refractivity contribution in [3.05, 3.63) is 22.6 Å². The minimum atomic E-state index is 0.237. The van der Waals surface area contributed by atoms with Gasteiger partial charge >= 0.3 is 0 Å². The maximum Gasteiger partial charge on any atom is 0.224 e. The lowest BCUT2D eigenvalue weighted by atomic mass is 9.97. The smallest absolute Gasteiger partial charge is 0.224 e. The number of anilines is 2. The van der Waals surface area contributed by atoms with Crippen molar-refractivity contribution in [1.82, 2.24) is 9.97 Å². The fraction of sp³-hybridized carbons (Fsp3) is 0.538. The minimum absolute atomic E-state index is 0.237. The van der Waals surface area contributed by atoms with Crippen LogP contribution in [0.2, 0.25) is 5.28 Å². The van der Waals surface area contributed by atoms with Crippen LogP contribution >= 0.6 is 11.6 Å². The first kappa shape index (κ1) is 13.1. The molecule has 1 aromatic rings. The predicted molar refractivity (Wildman–Crippen MR) is 75.8 cm³/mol. The SMILES string of the molecule is Cc1nc(Cl)nc(NCCC2=CCCCC2)c1N. The Balaban J connectivity index is 1.92. The molecule has 0 bridgehead atoms. The van der Waals surface area contributed by atoms with Crippen LogP contribution in [0.3, 0.4) is 0 Å². The monoisotopic (exact) mass is 266 g/mol. The summed E-state index contributed by atoms with van der Waals surface area (Å²) in [6, 6.07) is 0. The molecule has 0 saturated carbocycles. The summed E-state index contributed by atoms with van der Waals surface area (Å²) in [4.78, 5) is 8.12. The summed E-state index contributed by atoms with van der Waals surface area (Å²) < 4.78 is 0. The molecule has 3 N–H and O–H groups in total. The highest BCUT2D eigenvalue weighted by atomic mass is 35.5. The van der Waals surface area contributed by atoms with Gasteiger partial charge in [0.1, 0.15) is 0 Å². The Labute approximate surface area is 113 Å². The van der Waals surface area contributed by atoms with Crippen LogP contribution < -0.4 is 11.1 Å². The second kappa shape index (κ2) is 6.05. The average molecular weight is 267 g/mol. The Morgan fingerprint density at radius 1 is 1.39 bits per heavy atom. The number of hydrogen-bond donors (Lipinski definition) is 2. The van der Waals surface area contributed by atoms with Crippen LogP contribution in [0.4, 0.5) is 11.5 Å². The number of nitrogens with zero attached hydrogens (tertiary/aromatic N) is 2. The van der Waals surface area contributed by atoms with Gasteiger partial charge in [0.05, 0.1) is 11.4 Å². The minimum Gasteiger partial charge on any atom is -0.394 e. The molecule has 0 saturated heterocycles. The number of halogens is 1.